The second-order valence-electron chi connectivity index (χ2n) is 4.69. The van der Waals surface area contributed by atoms with E-state index in [-0.39, 0.29) is 12.0 Å². The molecule has 18 heavy (non-hydrogen) atoms. The first-order valence-corrected chi connectivity index (χ1v) is 6.84. The lowest BCUT2D eigenvalue weighted by Crippen LogP contribution is -2.25. The van der Waals surface area contributed by atoms with Gasteiger partial charge in [0.05, 0.1) is 6.10 Å². The van der Waals surface area contributed by atoms with Crippen molar-refractivity contribution in [3.8, 4) is 0 Å². The molecule has 4 heteroatoms. The Morgan fingerprint density at radius 1 is 1.28 bits per heavy atom. The fraction of sp³-hybridized carbons (Fsp3) is 0.357. The summed E-state index contributed by atoms with van der Waals surface area (Å²) in [5.41, 5.74) is 0. The van der Waals surface area contributed by atoms with Crippen LogP contribution in [0.3, 0.4) is 0 Å². The van der Waals surface area contributed by atoms with Crippen LogP contribution in [0.1, 0.15) is 13.8 Å². The Balaban J connectivity index is 2.26. The molecule has 1 aromatic carbocycles. The van der Waals surface area contributed by atoms with Gasteiger partial charge in [-0.3, -0.25) is 0 Å². The maximum absolute atomic E-state index is 9.81. The van der Waals surface area contributed by atoms with Crippen molar-refractivity contribution in [2.45, 2.75) is 20.0 Å². The van der Waals surface area contributed by atoms with Gasteiger partial charge < -0.3 is 10.4 Å². The quantitative estimate of drug-likeness (QED) is 0.909. The molecular formula is C14H17BrN2O. The van der Waals surface area contributed by atoms with Crippen LogP contribution in [-0.4, -0.2) is 22.7 Å². The Kier molecular flexibility index (Phi) is 4.19. The molecule has 1 unspecified atom stereocenters. The summed E-state index contributed by atoms with van der Waals surface area (Å²) in [4.78, 5) is 4.34. The third kappa shape index (κ3) is 2.82. The molecule has 2 N–H and O–H groups in total. The van der Waals surface area contributed by atoms with Gasteiger partial charge >= 0.3 is 0 Å². The van der Waals surface area contributed by atoms with Crippen LogP contribution >= 0.6 is 15.9 Å². The number of halogens is 1. The van der Waals surface area contributed by atoms with E-state index < -0.39 is 0 Å². The molecule has 0 saturated heterocycles. The molecule has 2 aromatic rings. The van der Waals surface area contributed by atoms with Crippen molar-refractivity contribution in [2.75, 3.05) is 11.9 Å². The predicted octanol–water partition coefficient (Wildman–Crippen LogP) is 3.43. The minimum absolute atomic E-state index is 0.235. The lowest BCUT2D eigenvalue weighted by molar-refractivity contribution is 0.138. The highest BCUT2D eigenvalue weighted by Gasteiger charge is 2.10. The first-order chi connectivity index (χ1) is 8.59. The molecule has 0 aliphatic rings. The molecule has 2 rings (SSSR count). The second kappa shape index (κ2) is 5.67. The number of aliphatic hydroxyl groups is 1. The van der Waals surface area contributed by atoms with Crippen LogP contribution < -0.4 is 5.32 Å². The van der Waals surface area contributed by atoms with Crippen molar-refractivity contribution in [1.29, 1.82) is 0 Å². The molecule has 0 aliphatic carbocycles. The minimum Gasteiger partial charge on any atom is -0.391 e. The molecule has 0 fully saturated rings. The lowest BCUT2D eigenvalue weighted by atomic mass is 10.1. The van der Waals surface area contributed by atoms with Crippen LogP contribution in [0, 0.1) is 5.92 Å². The summed E-state index contributed by atoms with van der Waals surface area (Å²) in [6.07, 6.45) is 1.41. The number of benzene rings is 1. The predicted molar refractivity (Wildman–Crippen MR) is 78.8 cm³/mol. The molecule has 0 radical (unpaired) electrons. The monoisotopic (exact) mass is 308 g/mol. The van der Waals surface area contributed by atoms with Crippen LogP contribution in [0.15, 0.2) is 34.9 Å². The Bertz CT molecular complexity index is 542. The average molecular weight is 309 g/mol. The van der Waals surface area contributed by atoms with Gasteiger partial charge in [-0.05, 0) is 18.1 Å². The van der Waals surface area contributed by atoms with Crippen LogP contribution in [0.25, 0.3) is 10.8 Å². The Labute approximate surface area is 115 Å². The summed E-state index contributed by atoms with van der Waals surface area (Å²) in [7, 11) is 0. The zero-order valence-electron chi connectivity index (χ0n) is 10.5. The van der Waals surface area contributed by atoms with E-state index in [4.69, 9.17) is 0 Å². The Morgan fingerprint density at radius 3 is 2.78 bits per heavy atom. The highest BCUT2D eigenvalue weighted by atomic mass is 79.9. The summed E-state index contributed by atoms with van der Waals surface area (Å²) in [5.74, 6) is 1.05. The van der Waals surface area contributed by atoms with Gasteiger partial charge in [0.1, 0.15) is 5.82 Å². The minimum atomic E-state index is -0.366. The van der Waals surface area contributed by atoms with E-state index in [9.17, 15) is 5.11 Å². The number of pyridine rings is 1. The molecule has 0 aliphatic heterocycles. The smallest absolute Gasteiger partial charge is 0.133 e. The van der Waals surface area contributed by atoms with E-state index >= 15 is 0 Å². The van der Waals surface area contributed by atoms with E-state index in [2.05, 4.69) is 26.2 Å². The molecule has 0 saturated carbocycles. The molecule has 1 atom stereocenters. The van der Waals surface area contributed by atoms with Crippen molar-refractivity contribution in [1.82, 2.24) is 4.98 Å². The van der Waals surface area contributed by atoms with E-state index in [1.54, 1.807) is 6.20 Å². The summed E-state index contributed by atoms with van der Waals surface area (Å²) in [6, 6.07) is 7.99. The van der Waals surface area contributed by atoms with Crippen LogP contribution in [0.2, 0.25) is 0 Å². The third-order valence-corrected chi connectivity index (χ3v) is 3.69. The van der Waals surface area contributed by atoms with Crippen molar-refractivity contribution < 1.29 is 5.11 Å². The fourth-order valence-electron chi connectivity index (χ4n) is 1.75. The molecule has 1 aromatic heterocycles. The SMILES string of the molecule is CC(C)C(O)CNc1nccc2c(Br)cccc12. The largest absolute Gasteiger partial charge is 0.391 e. The van der Waals surface area contributed by atoms with Gasteiger partial charge in [-0.2, -0.15) is 0 Å². The van der Waals surface area contributed by atoms with Gasteiger partial charge in [-0.1, -0.05) is 41.9 Å². The van der Waals surface area contributed by atoms with Crippen molar-refractivity contribution in [3.05, 3.63) is 34.9 Å². The van der Waals surface area contributed by atoms with Crippen LogP contribution in [0.4, 0.5) is 5.82 Å². The maximum Gasteiger partial charge on any atom is 0.133 e. The normalized spacial score (nSPS) is 12.9. The second-order valence-corrected chi connectivity index (χ2v) is 5.54. The molecular weight excluding hydrogens is 292 g/mol. The zero-order chi connectivity index (χ0) is 13.1. The van der Waals surface area contributed by atoms with E-state index in [0.29, 0.717) is 6.54 Å². The van der Waals surface area contributed by atoms with Gasteiger partial charge in [-0.25, -0.2) is 4.98 Å². The van der Waals surface area contributed by atoms with E-state index in [0.717, 1.165) is 21.1 Å². The number of nitrogens with zero attached hydrogens (tertiary/aromatic N) is 1. The number of hydrogen-bond donors (Lipinski definition) is 2. The average Bonchev–Trinajstić information content (AvgIpc) is 2.36. The number of hydrogen-bond acceptors (Lipinski definition) is 3. The van der Waals surface area contributed by atoms with Gasteiger partial charge in [0, 0.05) is 28.0 Å². The van der Waals surface area contributed by atoms with Crippen molar-refractivity contribution in [3.63, 3.8) is 0 Å². The summed E-state index contributed by atoms with van der Waals surface area (Å²) in [5, 5.41) is 15.2. The molecule has 0 spiro atoms. The summed E-state index contributed by atoms with van der Waals surface area (Å²) >= 11 is 3.53. The molecule has 96 valence electrons. The highest BCUT2D eigenvalue weighted by Crippen LogP contribution is 2.27. The molecule has 0 amide bonds. The number of nitrogens with one attached hydrogen (secondary N) is 1. The molecule has 3 nitrogen and oxygen atoms in total. The van der Waals surface area contributed by atoms with Gasteiger partial charge in [0.25, 0.3) is 0 Å². The number of aromatic nitrogens is 1. The number of anilines is 1. The van der Waals surface area contributed by atoms with Gasteiger partial charge in [-0.15, -0.1) is 0 Å². The van der Waals surface area contributed by atoms with Crippen LogP contribution in [0.5, 0.6) is 0 Å². The fourth-order valence-corrected chi connectivity index (χ4v) is 2.24. The highest BCUT2D eigenvalue weighted by molar-refractivity contribution is 9.10. The molecule has 1 heterocycles. The van der Waals surface area contributed by atoms with Crippen molar-refractivity contribution >= 4 is 32.5 Å². The van der Waals surface area contributed by atoms with E-state index in [1.807, 2.05) is 38.1 Å². The topological polar surface area (TPSA) is 45.1 Å². The number of fused-ring (bicyclic) bond motifs is 1. The first-order valence-electron chi connectivity index (χ1n) is 6.04. The van der Waals surface area contributed by atoms with Gasteiger partial charge in [0.15, 0.2) is 0 Å². The first kappa shape index (κ1) is 13.3. The Hall–Kier alpha value is -1.13. The van der Waals surface area contributed by atoms with Crippen LogP contribution in [-0.2, 0) is 0 Å². The van der Waals surface area contributed by atoms with E-state index in [1.165, 1.54) is 0 Å². The van der Waals surface area contributed by atoms with Crippen molar-refractivity contribution in [2.24, 2.45) is 5.92 Å². The lowest BCUT2D eigenvalue weighted by Gasteiger charge is -2.16. The standard InChI is InChI=1S/C14H17BrN2O/c1-9(2)13(18)8-17-14-11-4-3-5-12(15)10(11)6-7-16-14/h3-7,9,13,18H,8H2,1-2H3,(H,16,17). The maximum atomic E-state index is 9.81. The zero-order valence-corrected chi connectivity index (χ0v) is 12.1. The third-order valence-electron chi connectivity index (χ3n) is 3.00. The summed E-state index contributed by atoms with van der Waals surface area (Å²) < 4.78 is 1.05. The molecule has 0 bridgehead atoms. The van der Waals surface area contributed by atoms with Gasteiger partial charge in [0.2, 0.25) is 0 Å². The summed E-state index contributed by atoms with van der Waals surface area (Å²) in [6.45, 7) is 4.51. The number of rotatable bonds is 4. The number of aliphatic hydroxyl groups excluding tert-OH is 1. The Morgan fingerprint density at radius 2 is 2.06 bits per heavy atom.